The average molecular weight is 272 g/mol. The molecule has 20 heavy (non-hydrogen) atoms. The van der Waals surface area contributed by atoms with Crippen molar-refractivity contribution in [3.8, 4) is 0 Å². The molecule has 2 aromatic rings. The van der Waals surface area contributed by atoms with Crippen LogP contribution in [0.3, 0.4) is 0 Å². The predicted octanol–water partition coefficient (Wildman–Crippen LogP) is 2.07. The van der Waals surface area contributed by atoms with Crippen LogP contribution in [0.1, 0.15) is 29.6 Å². The molecule has 1 aliphatic carbocycles. The van der Waals surface area contributed by atoms with Crippen molar-refractivity contribution >= 4 is 16.8 Å². The van der Waals surface area contributed by atoms with Gasteiger partial charge in [0.15, 0.2) is 0 Å². The van der Waals surface area contributed by atoms with Gasteiger partial charge in [0.25, 0.3) is 5.91 Å². The highest BCUT2D eigenvalue weighted by Gasteiger charge is 2.28. The Balaban J connectivity index is 1.86. The molecule has 1 saturated carbocycles. The van der Waals surface area contributed by atoms with E-state index in [1.165, 1.54) is 0 Å². The van der Waals surface area contributed by atoms with Crippen LogP contribution in [0.25, 0.3) is 10.9 Å². The molecule has 4 heteroatoms. The standard InChI is InChI=1S/C16H20N2O2/c1-18-9-13(12-6-2-3-8-15(12)18)16(20)17-14-7-4-5-11(14)10-19/h2-3,6,8-9,11,14,19H,4-5,7,10H2,1H3,(H,17,20). The van der Waals surface area contributed by atoms with Gasteiger partial charge >= 0.3 is 0 Å². The lowest BCUT2D eigenvalue weighted by Gasteiger charge is -2.18. The van der Waals surface area contributed by atoms with Gasteiger partial charge in [0, 0.05) is 42.7 Å². The molecule has 2 N–H and O–H groups in total. The predicted molar refractivity (Wildman–Crippen MR) is 78.6 cm³/mol. The molecule has 0 bridgehead atoms. The van der Waals surface area contributed by atoms with E-state index in [2.05, 4.69) is 5.32 Å². The van der Waals surface area contributed by atoms with Crippen LogP contribution in [0.15, 0.2) is 30.5 Å². The van der Waals surface area contributed by atoms with E-state index < -0.39 is 0 Å². The molecule has 0 aliphatic heterocycles. The Kier molecular flexibility index (Phi) is 3.49. The lowest BCUT2D eigenvalue weighted by molar-refractivity contribution is 0.0917. The number of hydrogen-bond acceptors (Lipinski definition) is 2. The molecule has 0 saturated heterocycles. The smallest absolute Gasteiger partial charge is 0.253 e. The molecule has 1 fully saturated rings. The van der Waals surface area contributed by atoms with Gasteiger partial charge in [-0.2, -0.15) is 0 Å². The van der Waals surface area contributed by atoms with Crippen LogP contribution in [0, 0.1) is 5.92 Å². The second-order valence-corrected chi connectivity index (χ2v) is 5.62. The summed E-state index contributed by atoms with van der Waals surface area (Å²) in [5, 5.41) is 13.4. The summed E-state index contributed by atoms with van der Waals surface area (Å²) in [6, 6.07) is 8.01. The Bertz CT molecular complexity index is 632. The normalized spacial score (nSPS) is 22.3. The van der Waals surface area contributed by atoms with E-state index in [-0.39, 0.29) is 24.5 Å². The summed E-state index contributed by atoms with van der Waals surface area (Å²) in [6.45, 7) is 0.153. The van der Waals surface area contributed by atoms with Crippen molar-refractivity contribution in [2.75, 3.05) is 6.61 Å². The molecule has 2 atom stereocenters. The van der Waals surface area contributed by atoms with E-state index >= 15 is 0 Å². The van der Waals surface area contributed by atoms with Crippen LogP contribution in [0.2, 0.25) is 0 Å². The summed E-state index contributed by atoms with van der Waals surface area (Å²) >= 11 is 0. The number of aromatic nitrogens is 1. The second kappa shape index (κ2) is 5.29. The Hall–Kier alpha value is -1.81. The van der Waals surface area contributed by atoms with Gasteiger partial charge in [0.2, 0.25) is 0 Å². The van der Waals surface area contributed by atoms with Crippen molar-refractivity contribution in [2.24, 2.45) is 13.0 Å². The number of fused-ring (bicyclic) bond motifs is 1. The molecule has 4 nitrogen and oxygen atoms in total. The van der Waals surface area contributed by atoms with E-state index in [0.717, 1.165) is 30.2 Å². The van der Waals surface area contributed by atoms with Gasteiger partial charge < -0.3 is 15.0 Å². The fourth-order valence-electron chi connectivity index (χ4n) is 3.21. The number of carbonyl (C=O) groups is 1. The number of aryl methyl sites for hydroxylation is 1. The molecular formula is C16H20N2O2. The number of aliphatic hydroxyl groups excluding tert-OH is 1. The van der Waals surface area contributed by atoms with E-state index in [4.69, 9.17) is 0 Å². The number of para-hydroxylation sites is 1. The minimum absolute atomic E-state index is 0.0350. The molecule has 1 aliphatic rings. The summed E-state index contributed by atoms with van der Waals surface area (Å²) in [4.78, 5) is 12.5. The number of carbonyl (C=O) groups excluding carboxylic acids is 1. The molecule has 1 aromatic carbocycles. The minimum atomic E-state index is -0.0350. The van der Waals surface area contributed by atoms with Crippen molar-refractivity contribution < 1.29 is 9.90 Å². The third kappa shape index (κ3) is 2.20. The van der Waals surface area contributed by atoms with Gasteiger partial charge in [-0.1, -0.05) is 24.6 Å². The topological polar surface area (TPSA) is 54.3 Å². The number of hydrogen-bond donors (Lipinski definition) is 2. The molecule has 3 rings (SSSR count). The largest absolute Gasteiger partial charge is 0.396 e. The molecule has 106 valence electrons. The maximum Gasteiger partial charge on any atom is 0.253 e. The highest BCUT2D eigenvalue weighted by Crippen LogP contribution is 2.26. The second-order valence-electron chi connectivity index (χ2n) is 5.62. The van der Waals surface area contributed by atoms with E-state index in [1.54, 1.807) is 0 Å². The first-order chi connectivity index (χ1) is 9.70. The zero-order valence-electron chi connectivity index (χ0n) is 11.7. The zero-order chi connectivity index (χ0) is 14.1. The average Bonchev–Trinajstić information content (AvgIpc) is 3.04. The van der Waals surface area contributed by atoms with Gasteiger partial charge in [-0.25, -0.2) is 0 Å². The molecule has 0 radical (unpaired) electrons. The fourth-order valence-corrected chi connectivity index (χ4v) is 3.21. The highest BCUT2D eigenvalue weighted by atomic mass is 16.3. The summed E-state index contributed by atoms with van der Waals surface area (Å²) in [5.74, 6) is 0.168. The van der Waals surface area contributed by atoms with Crippen molar-refractivity contribution in [1.29, 1.82) is 0 Å². The van der Waals surface area contributed by atoms with Gasteiger partial charge in [0.05, 0.1) is 5.56 Å². The van der Waals surface area contributed by atoms with E-state index in [1.807, 2.05) is 42.1 Å². The number of nitrogens with zero attached hydrogens (tertiary/aromatic N) is 1. The summed E-state index contributed by atoms with van der Waals surface area (Å²) < 4.78 is 1.97. The Morgan fingerprint density at radius 2 is 2.20 bits per heavy atom. The number of nitrogens with one attached hydrogen (secondary N) is 1. The molecule has 1 aromatic heterocycles. The summed E-state index contributed by atoms with van der Waals surface area (Å²) in [7, 11) is 1.95. The monoisotopic (exact) mass is 272 g/mol. The minimum Gasteiger partial charge on any atom is -0.396 e. The summed E-state index contributed by atoms with van der Waals surface area (Å²) in [5.41, 5.74) is 1.77. The van der Waals surface area contributed by atoms with Crippen LogP contribution in [0.5, 0.6) is 0 Å². The quantitative estimate of drug-likeness (QED) is 0.898. The Labute approximate surface area is 118 Å². The van der Waals surface area contributed by atoms with Gasteiger partial charge in [-0.3, -0.25) is 4.79 Å². The van der Waals surface area contributed by atoms with E-state index in [0.29, 0.717) is 5.56 Å². The van der Waals surface area contributed by atoms with Crippen molar-refractivity contribution in [1.82, 2.24) is 9.88 Å². The maximum atomic E-state index is 12.5. The van der Waals surface area contributed by atoms with Gasteiger partial charge in [0.1, 0.15) is 0 Å². The molecule has 0 spiro atoms. The van der Waals surface area contributed by atoms with Crippen molar-refractivity contribution in [3.05, 3.63) is 36.0 Å². The van der Waals surface area contributed by atoms with Crippen LogP contribution < -0.4 is 5.32 Å². The fraction of sp³-hybridized carbons (Fsp3) is 0.438. The molecule has 2 unspecified atom stereocenters. The Morgan fingerprint density at radius 3 is 3.00 bits per heavy atom. The van der Waals surface area contributed by atoms with Crippen LogP contribution >= 0.6 is 0 Å². The first-order valence-electron chi connectivity index (χ1n) is 7.16. The third-order valence-electron chi connectivity index (χ3n) is 4.35. The molecular weight excluding hydrogens is 252 g/mol. The Morgan fingerprint density at radius 1 is 1.40 bits per heavy atom. The van der Waals surface area contributed by atoms with Crippen LogP contribution in [0.4, 0.5) is 0 Å². The number of amides is 1. The highest BCUT2D eigenvalue weighted by molar-refractivity contribution is 6.07. The van der Waals surface area contributed by atoms with Crippen molar-refractivity contribution in [2.45, 2.75) is 25.3 Å². The number of rotatable bonds is 3. The summed E-state index contributed by atoms with van der Waals surface area (Å²) in [6.07, 6.45) is 4.91. The van der Waals surface area contributed by atoms with E-state index in [9.17, 15) is 9.90 Å². The number of benzene rings is 1. The first kappa shape index (κ1) is 13.2. The zero-order valence-corrected chi connectivity index (χ0v) is 11.7. The SMILES string of the molecule is Cn1cc(C(=O)NC2CCCC2CO)c2ccccc21. The number of aliphatic hydroxyl groups is 1. The van der Waals surface area contributed by atoms with Crippen molar-refractivity contribution in [3.63, 3.8) is 0 Å². The molecule has 1 heterocycles. The van der Waals surface area contributed by atoms with Gasteiger partial charge in [-0.05, 0) is 18.9 Å². The lowest BCUT2D eigenvalue weighted by Crippen LogP contribution is -2.38. The van der Waals surface area contributed by atoms with Gasteiger partial charge in [-0.15, -0.1) is 0 Å². The van der Waals surface area contributed by atoms with Crippen LogP contribution in [-0.2, 0) is 7.05 Å². The van der Waals surface area contributed by atoms with Crippen LogP contribution in [-0.4, -0.2) is 28.2 Å². The molecule has 1 amide bonds. The maximum absolute atomic E-state index is 12.5. The first-order valence-corrected chi connectivity index (χ1v) is 7.16. The third-order valence-corrected chi connectivity index (χ3v) is 4.35. The lowest BCUT2D eigenvalue weighted by atomic mass is 10.0.